The number of fused-ring (bicyclic) bond motifs is 1. The standard InChI is InChI=1S/C19H22N4O5S/c1-19(2,3)28-18(24)21-29(25,26)12-13-5-7-14(8-6-13)23-17-11-15(27-4)9-10-16(17)20-22-23/h5-11H,12H2,1-4H3,(H,21,24). The van der Waals surface area contributed by atoms with Crippen LogP contribution in [-0.2, 0) is 20.5 Å². The smallest absolute Gasteiger partial charge is 0.421 e. The number of nitrogens with zero attached hydrogens (tertiary/aromatic N) is 3. The van der Waals surface area contributed by atoms with Crippen LogP contribution in [0.1, 0.15) is 26.3 Å². The molecule has 0 unspecified atom stereocenters. The van der Waals surface area contributed by atoms with E-state index in [-0.39, 0.29) is 5.75 Å². The van der Waals surface area contributed by atoms with Crippen LogP contribution < -0.4 is 9.46 Å². The fourth-order valence-corrected chi connectivity index (χ4v) is 3.63. The first-order chi connectivity index (χ1) is 13.6. The molecule has 0 aliphatic rings. The number of carbonyl (C=O) groups is 1. The zero-order valence-corrected chi connectivity index (χ0v) is 17.4. The van der Waals surface area contributed by atoms with E-state index in [0.717, 1.165) is 5.52 Å². The van der Waals surface area contributed by atoms with Crippen LogP contribution >= 0.6 is 0 Å². The van der Waals surface area contributed by atoms with E-state index in [4.69, 9.17) is 9.47 Å². The number of benzene rings is 2. The first kappa shape index (κ1) is 20.6. The molecule has 0 atom stereocenters. The van der Waals surface area contributed by atoms with E-state index in [0.29, 0.717) is 22.5 Å². The van der Waals surface area contributed by atoms with Gasteiger partial charge in [-0.2, -0.15) is 0 Å². The van der Waals surface area contributed by atoms with Crippen molar-refractivity contribution >= 4 is 27.1 Å². The van der Waals surface area contributed by atoms with Crippen LogP contribution in [0.2, 0.25) is 0 Å². The Morgan fingerprint density at radius 1 is 1.14 bits per heavy atom. The van der Waals surface area contributed by atoms with Crippen molar-refractivity contribution in [3.8, 4) is 11.4 Å². The van der Waals surface area contributed by atoms with E-state index in [9.17, 15) is 13.2 Å². The molecule has 1 aromatic heterocycles. The Kier molecular flexibility index (Phi) is 5.47. The van der Waals surface area contributed by atoms with Gasteiger partial charge in [-0.05, 0) is 50.6 Å². The molecule has 9 nitrogen and oxygen atoms in total. The Bertz CT molecular complexity index is 1130. The quantitative estimate of drug-likeness (QED) is 0.678. The highest BCUT2D eigenvalue weighted by Crippen LogP contribution is 2.22. The molecule has 29 heavy (non-hydrogen) atoms. The van der Waals surface area contributed by atoms with Gasteiger partial charge in [0.15, 0.2) is 0 Å². The van der Waals surface area contributed by atoms with Gasteiger partial charge in [0, 0.05) is 6.07 Å². The van der Waals surface area contributed by atoms with Crippen molar-refractivity contribution in [1.29, 1.82) is 0 Å². The minimum absolute atomic E-state index is 0.363. The number of hydrogen-bond donors (Lipinski definition) is 1. The van der Waals surface area contributed by atoms with Crippen LogP contribution in [0.25, 0.3) is 16.7 Å². The van der Waals surface area contributed by atoms with Crippen molar-refractivity contribution < 1.29 is 22.7 Å². The Labute approximate surface area is 168 Å². The second-order valence-electron chi connectivity index (χ2n) is 7.39. The van der Waals surface area contributed by atoms with Crippen molar-refractivity contribution in [3.63, 3.8) is 0 Å². The van der Waals surface area contributed by atoms with Gasteiger partial charge in [-0.15, -0.1) is 5.10 Å². The molecule has 0 spiro atoms. The lowest BCUT2D eigenvalue weighted by atomic mass is 10.2. The van der Waals surface area contributed by atoms with Crippen LogP contribution in [0, 0.1) is 0 Å². The highest BCUT2D eigenvalue weighted by molar-refractivity contribution is 7.89. The molecule has 2 aromatic carbocycles. The maximum absolute atomic E-state index is 12.2. The molecule has 0 fully saturated rings. The number of sulfonamides is 1. The van der Waals surface area contributed by atoms with Crippen LogP contribution in [0.15, 0.2) is 42.5 Å². The highest BCUT2D eigenvalue weighted by Gasteiger charge is 2.21. The van der Waals surface area contributed by atoms with Crippen LogP contribution in [-0.4, -0.2) is 42.2 Å². The number of ether oxygens (including phenoxy) is 2. The molecule has 0 saturated carbocycles. The largest absolute Gasteiger partial charge is 0.497 e. The molecule has 1 amide bonds. The number of hydrogen-bond acceptors (Lipinski definition) is 7. The molecule has 0 aliphatic carbocycles. The fourth-order valence-electron chi connectivity index (χ4n) is 2.63. The summed E-state index contributed by atoms with van der Waals surface area (Å²) in [6.07, 6.45) is -1.00. The van der Waals surface area contributed by atoms with E-state index in [1.807, 2.05) is 10.8 Å². The molecular formula is C19H22N4O5S. The average molecular weight is 418 g/mol. The number of methoxy groups -OCH3 is 1. The first-order valence-corrected chi connectivity index (χ1v) is 10.4. The number of carbonyl (C=O) groups excluding carboxylic acids is 1. The summed E-state index contributed by atoms with van der Waals surface area (Å²) in [6.45, 7) is 4.96. The highest BCUT2D eigenvalue weighted by atomic mass is 32.2. The third-order valence-corrected chi connectivity index (χ3v) is 5.02. The molecule has 1 heterocycles. The Hall–Kier alpha value is -3.14. The minimum Gasteiger partial charge on any atom is -0.497 e. The summed E-state index contributed by atoms with van der Waals surface area (Å²) in [7, 11) is -2.31. The monoisotopic (exact) mass is 418 g/mol. The normalized spacial score (nSPS) is 12.0. The lowest BCUT2D eigenvalue weighted by molar-refractivity contribution is 0.0570. The summed E-state index contributed by atoms with van der Waals surface area (Å²) in [5, 5.41) is 8.25. The maximum Gasteiger partial charge on any atom is 0.421 e. The molecule has 3 aromatic rings. The molecule has 0 bridgehead atoms. The average Bonchev–Trinajstić information content (AvgIpc) is 3.02. The van der Waals surface area contributed by atoms with Gasteiger partial charge in [0.25, 0.3) is 0 Å². The van der Waals surface area contributed by atoms with Gasteiger partial charge in [-0.3, -0.25) is 0 Å². The Balaban J connectivity index is 1.76. The van der Waals surface area contributed by atoms with Crippen LogP contribution in [0.5, 0.6) is 5.75 Å². The summed E-state index contributed by atoms with van der Waals surface area (Å²) in [5.41, 5.74) is 1.90. The third kappa shape index (κ3) is 5.23. The zero-order chi connectivity index (χ0) is 21.2. The summed E-state index contributed by atoms with van der Waals surface area (Å²) >= 11 is 0. The van der Waals surface area contributed by atoms with Crippen molar-refractivity contribution in [2.45, 2.75) is 32.1 Å². The van der Waals surface area contributed by atoms with Gasteiger partial charge in [0.2, 0.25) is 10.0 Å². The first-order valence-electron chi connectivity index (χ1n) is 8.78. The summed E-state index contributed by atoms with van der Waals surface area (Å²) < 4.78 is 38.2. The number of nitrogens with one attached hydrogen (secondary N) is 1. The van der Waals surface area contributed by atoms with Gasteiger partial charge in [-0.25, -0.2) is 22.6 Å². The third-order valence-electron chi connectivity index (χ3n) is 3.83. The van der Waals surface area contributed by atoms with E-state index >= 15 is 0 Å². The summed E-state index contributed by atoms with van der Waals surface area (Å²) in [4.78, 5) is 11.7. The van der Waals surface area contributed by atoms with Gasteiger partial charge in [0.1, 0.15) is 16.9 Å². The predicted molar refractivity (Wildman–Crippen MR) is 107 cm³/mol. The second-order valence-corrected chi connectivity index (χ2v) is 9.11. The van der Waals surface area contributed by atoms with Crippen molar-refractivity contribution in [3.05, 3.63) is 48.0 Å². The van der Waals surface area contributed by atoms with E-state index < -0.39 is 21.7 Å². The van der Waals surface area contributed by atoms with Gasteiger partial charge >= 0.3 is 6.09 Å². The Morgan fingerprint density at radius 3 is 2.45 bits per heavy atom. The van der Waals surface area contributed by atoms with E-state index in [1.165, 1.54) is 0 Å². The molecule has 0 aliphatic heterocycles. The van der Waals surface area contributed by atoms with E-state index in [1.54, 1.807) is 69.0 Å². The fraction of sp³-hybridized carbons (Fsp3) is 0.316. The molecule has 0 radical (unpaired) electrons. The second kappa shape index (κ2) is 7.70. The summed E-state index contributed by atoms with van der Waals surface area (Å²) in [6, 6.07) is 12.2. The lowest BCUT2D eigenvalue weighted by Gasteiger charge is -2.19. The van der Waals surface area contributed by atoms with E-state index in [2.05, 4.69) is 10.3 Å². The maximum atomic E-state index is 12.2. The number of aromatic nitrogens is 3. The topological polar surface area (TPSA) is 112 Å². The van der Waals surface area contributed by atoms with Gasteiger partial charge in [-0.1, -0.05) is 17.3 Å². The molecular weight excluding hydrogens is 396 g/mol. The predicted octanol–water partition coefficient (Wildman–Crippen LogP) is 2.78. The Morgan fingerprint density at radius 2 is 1.83 bits per heavy atom. The lowest BCUT2D eigenvalue weighted by Crippen LogP contribution is -2.36. The molecule has 10 heteroatoms. The summed E-state index contributed by atoms with van der Waals surface area (Å²) in [5.74, 6) is 0.315. The van der Waals surface area contributed by atoms with Crippen LogP contribution in [0.4, 0.5) is 4.79 Å². The molecule has 1 N–H and O–H groups in total. The van der Waals surface area contributed by atoms with Crippen molar-refractivity contribution in [2.75, 3.05) is 7.11 Å². The zero-order valence-electron chi connectivity index (χ0n) is 16.5. The number of amides is 1. The van der Waals surface area contributed by atoms with Gasteiger partial charge < -0.3 is 9.47 Å². The SMILES string of the molecule is COc1ccc2nnn(-c3ccc(CS(=O)(=O)NC(=O)OC(C)(C)C)cc3)c2c1. The minimum atomic E-state index is -3.89. The van der Waals surface area contributed by atoms with Crippen molar-refractivity contribution in [1.82, 2.24) is 19.7 Å². The molecule has 154 valence electrons. The number of rotatable bonds is 5. The molecule has 0 saturated heterocycles. The molecule has 3 rings (SSSR count). The van der Waals surface area contributed by atoms with Crippen molar-refractivity contribution in [2.24, 2.45) is 0 Å². The van der Waals surface area contributed by atoms with Crippen LogP contribution in [0.3, 0.4) is 0 Å². The van der Waals surface area contributed by atoms with Gasteiger partial charge in [0.05, 0.1) is 24.1 Å².